The SMILES string of the molecule is CC1=CC=CC(N(c2ccccc2)c2ccc(-c3cc(-c4ccc(N(c5ccccc5)c5cccc(C)c5)cc4)cc(-c4ccc(N(c5ccccc5)c5cccc(C)c5)cc4)c3)cc2)C1. The van der Waals surface area contributed by atoms with E-state index >= 15 is 0 Å². The Kier molecular flexibility index (Phi) is 12.0. The highest BCUT2D eigenvalue weighted by atomic mass is 15.2. The molecule has 1 aliphatic rings. The third-order valence-electron chi connectivity index (χ3n) is 12.5. The molecule has 0 aromatic heterocycles. The molecule has 9 aromatic carbocycles. The summed E-state index contributed by atoms with van der Waals surface area (Å²) >= 11 is 0. The van der Waals surface area contributed by atoms with Gasteiger partial charge in [0.25, 0.3) is 0 Å². The highest BCUT2D eigenvalue weighted by molar-refractivity contribution is 5.85. The number of para-hydroxylation sites is 3. The average Bonchev–Trinajstić information content (AvgIpc) is 3.36. The molecule has 0 bridgehead atoms. The Morgan fingerprint density at radius 1 is 0.318 bits per heavy atom. The van der Waals surface area contributed by atoms with E-state index in [9.17, 15) is 0 Å². The Balaban J connectivity index is 1.05. The molecule has 0 fully saturated rings. The molecule has 0 heterocycles. The van der Waals surface area contributed by atoms with Crippen molar-refractivity contribution in [3.8, 4) is 33.4 Å². The predicted octanol–water partition coefficient (Wildman–Crippen LogP) is 17.7. The third-order valence-corrected chi connectivity index (χ3v) is 12.5. The van der Waals surface area contributed by atoms with Gasteiger partial charge < -0.3 is 14.7 Å². The van der Waals surface area contributed by atoms with E-state index < -0.39 is 0 Å². The lowest BCUT2D eigenvalue weighted by Gasteiger charge is -2.33. The lowest BCUT2D eigenvalue weighted by molar-refractivity contribution is 0.757. The van der Waals surface area contributed by atoms with Crippen LogP contribution in [-0.2, 0) is 0 Å². The molecular weight excluding hydrogens is 799 g/mol. The molecule has 1 atom stereocenters. The summed E-state index contributed by atoms with van der Waals surface area (Å²) in [6.07, 6.45) is 7.73. The Morgan fingerprint density at radius 2 is 0.667 bits per heavy atom. The molecule has 9 aromatic rings. The van der Waals surface area contributed by atoms with Crippen LogP contribution in [0.3, 0.4) is 0 Å². The van der Waals surface area contributed by atoms with Crippen molar-refractivity contribution in [1.82, 2.24) is 0 Å². The first-order chi connectivity index (χ1) is 32.4. The van der Waals surface area contributed by atoms with Gasteiger partial charge in [-0.3, -0.25) is 0 Å². The number of anilines is 8. The topological polar surface area (TPSA) is 9.72 Å². The monoisotopic (exact) mass is 851 g/mol. The van der Waals surface area contributed by atoms with Crippen LogP contribution in [0.4, 0.5) is 45.5 Å². The van der Waals surface area contributed by atoms with Gasteiger partial charge in [-0.05, 0) is 187 Å². The van der Waals surface area contributed by atoms with Crippen molar-refractivity contribution in [2.45, 2.75) is 33.2 Å². The molecule has 0 radical (unpaired) electrons. The number of allylic oxidation sites excluding steroid dienone is 2. The van der Waals surface area contributed by atoms with Crippen molar-refractivity contribution in [3.63, 3.8) is 0 Å². The highest BCUT2D eigenvalue weighted by Gasteiger charge is 2.21. The number of rotatable bonds is 12. The molecule has 1 unspecified atom stereocenters. The molecule has 320 valence electrons. The van der Waals surface area contributed by atoms with Crippen molar-refractivity contribution in [1.29, 1.82) is 0 Å². The van der Waals surface area contributed by atoms with Crippen molar-refractivity contribution in [3.05, 3.63) is 265 Å². The first kappa shape index (κ1) is 41.8. The van der Waals surface area contributed by atoms with Gasteiger partial charge in [-0.15, -0.1) is 0 Å². The van der Waals surface area contributed by atoms with Crippen LogP contribution in [0.15, 0.2) is 254 Å². The molecular formula is C63H53N3. The third kappa shape index (κ3) is 9.11. The number of hydrogen-bond donors (Lipinski definition) is 0. The van der Waals surface area contributed by atoms with E-state index in [2.05, 4.69) is 284 Å². The quantitative estimate of drug-likeness (QED) is 0.121. The summed E-state index contributed by atoms with van der Waals surface area (Å²) < 4.78 is 0. The maximum atomic E-state index is 2.46. The van der Waals surface area contributed by atoms with Crippen LogP contribution in [0.25, 0.3) is 33.4 Å². The van der Waals surface area contributed by atoms with Gasteiger partial charge in [-0.1, -0.05) is 139 Å². The predicted molar refractivity (Wildman–Crippen MR) is 281 cm³/mol. The minimum absolute atomic E-state index is 0.233. The summed E-state index contributed by atoms with van der Waals surface area (Å²) in [6.45, 7) is 6.52. The zero-order valence-electron chi connectivity index (χ0n) is 37.8. The Bertz CT molecular complexity index is 2970. The smallest absolute Gasteiger partial charge is 0.0562 e. The second kappa shape index (κ2) is 18.9. The van der Waals surface area contributed by atoms with Gasteiger partial charge in [0.15, 0.2) is 0 Å². The van der Waals surface area contributed by atoms with Gasteiger partial charge in [0.1, 0.15) is 0 Å². The van der Waals surface area contributed by atoms with Gasteiger partial charge in [0.2, 0.25) is 0 Å². The van der Waals surface area contributed by atoms with Gasteiger partial charge in [-0.2, -0.15) is 0 Å². The number of benzene rings is 9. The Hall–Kier alpha value is -8.14. The standard InChI is InChI=1S/C63H53N3/c1-46-16-13-25-61(40-46)64(55-19-7-4-8-20-55)58-34-28-49(29-35-58)52-43-53(50-30-36-59(37-31-50)65(56-21-9-5-10-22-56)62-26-14-17-47(2)41-62)45-54(44-52)51-32-38-60(39-33-51)66(57-23-11-6-12-24-57)63-27-15-18-48(3)42-63/h4-41,43-45,63H,42H2,1-3H3. The van der Waals surface area contributed by atoms with Gasteiger partial charge in [-0.25, -0.2) is 0 Å². The molecule has 0 N–H and O–H groups in total. The maximum absolute atomic E-state index is 2.46. The normalized spacial score (nSPS) is 13.2. The van der Waals surface area contributed by atoms with Crippen molar-refractivity contribution in [2.75, 3.05) is 14.7 Å². The summed E-state index contributed by atoms with van der Waals surface area (Å²) in [6, 6.07) is 83.9. The van der Waals surface area contributed by atoms with Crippen LogP contribution in [-0.4, -0.2) is 6.04 Å². The fourth-order valence-electron chi connectivity index (χ4n) is 9.24. The fraction of sp³-hybridized carbons (Fsp3) is 0.0794. The number of nitrogens with zero attached hydrogens (tertiary/aromatic N) is 3. The lowest BCUT2D eigenvalue weighted by atomic mass is 9.92. The van der Waals surface area contributed by atoms with Crippen LogP contribution < -0.4 is 14.7 Å². The van der Waals surface area contributed by atoms with Crippen LogP contribution in [0.2, 0.25) is 0 Å². The lowest BCUT2D eigenvalue weighted by Crippen LogP contribution is -2.30. The zero-order valence-corrected chi connectivity index (χ0v) is 37.8. The summed E-state index contributed by atoms with van der Waals surface area (Å²) in [4.78, 5) is 7.13. The van der Waals surface area contributed by atoms with E-state index in [-0.39, 0.29) is 6.04 Å². The van der Waals surface area contributed by atoms with Crippen molar-refractivity contribution < 1.29 is 0 Å². The van der Waals surface area contributed by atoms with E-state index in [0.29, 0.717) is 0 Å². The fourth-order valence-corrected chi connectivity index (χ4v) is 9.24. The molecule has 0 spiro atoms. The van der Waals surface area contributed by atoms with Crippen molar-refractivity contribution in [2.24, 2.45) is 0 Å². The zero-order chi connectivity index (χ0) is 44.8. The van der Waals surface area contributed by atoms with Gasteiger partial charge in [0, 0.05) is 45.5 Å². The number of aryl methyl sites for hydroxylation is 2. The summed E-state index contributed by atoms with van der Waals surface area (Å²) in [7, 11) is 0. The second-order valence-corrected chi connectivity index (χ2v) is 17.3. The van der Waals surface area contributed by atoms with Crippen LogP contribution in [0.1, 0.15) is 24.5 Å². The first-order valence-corrected chi connectivity index (χ1v) is 22.9. The Labute approximate surface area is 390 Å². The summed E-state index contributed by atoms with van der Waals surface area (Å²) in [5, 5.41) is 0. The summed E-state index contributed by atoms with van der Waals surface area (Å²) in [5.41, 5.74) is 19.9. The molecule has 1 aliphatic carbocycles. The molecule has 3 nitrogen and oxygen atoms in total. The van der Waals surface area contributed by atoms with E-state index in [4.69, 9.17) is 0 Å². The molecule has 0 aliphatic heterocycles. The van der Waals surface area contributed by atoms with E-state index in [1.807, 2.05) is 0 Å². The van der Waals surface area contributed by atoms with Gasteiger partial charge in [0.05, 0.1) is 6.04 Å². The molecule has 66 heavy (non-hydrogen) atoms. The van der Waals surface area contributed by atoms with Crippen LogP contribution in [0.5, 0.6) is 0 Å². The highest BCUT2D eigenvalue weighted by Crippen LogP contribution is 2.41. The molecule has 0 amide bonds. The number of hydrogen-bond acceptors (Lipinski definition) is 3. The van der Waals surface area contributed by atoms with E-state index in [1.54, 1.807) is 0 Å². The second-order valence-electron chi connectivity index (χ2n) is 17.3. The Morgan fingerprint density at radius 3 is 1.06 bits per heavy atom. The van der Waals surface area contributed by atoms with Crippen molar-refractivity contribution >= 4 is 45.5 Å². The average molecular weight is 852 g/mol. The van der Waals surface area contributed by atoms with Gasteiger partial charge >= 0.3 is 0 Å². The molecule has 0 saturated heterocycles. The largest absolute Gasteiger partial charge is 0.334 e. The minimum atomic E-state index is 0.233. The molecule has 3 heteroatoms. The molecule has 0 saturated carbocycles. The van der Waals surface area contributed by atoms with Crippen LogP contribution in [0, 0.1) is 13.8 Å². The minimum Gasteiger partial charge on any atom is -0.334 e. The van der Waals surface area contributed by atoms with E-state index in [1.165, 1.54) is 39.2 Å². The van der Waals surface area contributed by atoms with E-state index in [0.717, 1.165) is 62.8 Å². The first-order valence-electron chi connectivity index (χ1n) is 22.9. The summed E-state index contributed by atoms with van der Waals surface area (Å²) in [5.74, 6) is 0. The van der Waals surface area contributed by atoms with Crippen LogP contribution >= 0.6 is 0 Å². The maximum Gasteiger partial charge on any atom is 0.0562 e. The molecule has 10 rings (SSSR count).